The Morgan fingerprint density at radius 1 is 1.42 bits per heavy atom. The van der Waals surface area contributed by atoms with Crippen LogP contribution in [0.3, 0.4) is 0 Å². The normalized spacial score (nSPS) is 13.3. The van der Waals surface area contributed by atoms with Gasteiger partial charge in [0.2, 0.25) is 10.0 Å². The minimum absolute atomic E-state index is 0.0285. The molecule has 1 aromatic carbocycles. The third kappa shape index (κ3) is 4.76. The Morgan fingerprint density at radius 3 is 2.58 bits per heavy atom. The molecule has 0 spiro atoms. The molecule has 7 heteroatoms. The quantitative estimate of drug-likeness (QED) is 0.816. The van der Waals surface area contributed by atoms with Crippen LogP contribution in [0.1, 0.15) is 13.3 Å². The molecular weight excluding hydrogens is 330 g/mol. The maximum atomic E-state index is 12.2. The first-order chi connectivity index (χ1) is 8.74. The van der Waals surface area contributed by atoms with Crippen molar-refractivity contribution in [2.45, 2.75) is 24.3 Å². The van der Waals surface area contributed by atoms with E-state index in [9.17, 15) is 8.42 Å². The molecule has 0 saturated heterocycles. The SMILES string of the molecule is CC(N)CCNS(=O)(=O)c1cc(N(C)C)ccc1Br. The van der Waals surface area contributed by atoms with Crippen LogP contribution in [0, 0.1) is 0 Å². The molecule has 0 aliphatic carbocycles. The van der Waals surface area contributed by atoms with E-state index in [1.54, 1.807) is 12.1 Å². The lowest BCUT2D eigenvalue weighted by Crippen LogP contribution is -2.29. The zero-order valence-corrected chi connectivity index (χ0v) is 13.8. The molecule has 1 atom stereocenters. The molecular formula is C12H20BrN3O2S. The summed E-state index contributed by atoms with van der Waals surface area (Å²) in [6, 6.07) is 5.19. The molecule has 108 valence electrons. The fraction of sp³-hybridized carbons (Fsp3) is 0.500. The predicted octanol–water partition coefficient (Wildman–Crippen LogP) is 1.53. The lowest BCUT2D eigenvalue weighted by atomic mass is 10.3. The molecule has 0 aliphatic rings. The van der Waals surface area contributed by atoms with Crippen molar-refractivity contribution in [2.75, 3.05) is 25.5 Å². The lowest BCUT2D eigenvalue weighted by molar-refractivity contribution is 0.571. The second kappa shape index (κ2) is 6.69. The second-order valence-corrected chi connectivity index (χ2v) is 7.26. The maximum Gasteiger partial charge on any atom is 0.241 e. The highest BCUT2D eigenvalue weighted by Crippen LogP contribution is 2.26. The van der Waals surface area contributed by atoms with Gasteiger partial charge in [-0.05, 0) is 47.5 Å². The number of nitrogens with zero attached hydrogens (tertiary/aromatic N) is 1. The van der Waals surface area contributed by atoms with E-state index in [2.05, 4.69) is 20.7 Å². The van der Waals surface area contributed by atoms with Crippen LogP contribution in [-0.2, 0) is 10.0 Å². The summed E-state index contributed by atoms with van der Waals surface area (Å²) in [5, 5.41) is 0. The van der Waals surface area contributed by atoms with Crippen molar-refractivity contribution >= 4 is 31.6 Å². The van der Waals surface area contributed by atoms with Crippen molar-refractivity contribution in [1.82, 2.24) is 4.72 Å². The van der Waals surface area contributed by atoms with Crippen molar-refractivity contribution in [3.05, 3.63) is 22.7 Å². The fourth-order valence-electron chi connectivity index (χ4n) is 1.47. The number of benzene rings is 1. The van der Waals surface area contributed by atoms with E-state index in [4.69, 9.17) is 5.73 Å². The van der Waals surface area contributed by atoms with E-state index in [-0.39, 0.29) is 10.9 Å². The van der Waals surface area contributed by atoms with E-state index in [0.717, 1.165) is 5.69 Å². The van der Waals surface area contributed by atoms with Gasteiger partial charge in [-0.2, -0.15) is 0 Å². The highest BCUT2D eigenvalue weighted by molar-refractivity contribution is 9.10. The third-order valence-electron chi connectivity index (χ3n) is 2.61. The number of hydrogen-bond donors (Lipinski definition) is 2. The summed E-state index contributed by atoms with van der Waals surface area (Å²) >= 11 is 3.27. The smallest absolute Gasteiger partial charge is 0.241 e. The molecule has 0 aromatic heterocycles. The summed E-state index contributed by atoms with van der Waals surface area (Å²) in [5.74, 6) is 0. The molecule has 0 aliphatic heterocycles. The number of sulfonamides is 1. The van der Waals surface area contributed by atoms with Crippen molar-refractivity contribution in [3.8, 4) is 0 Å². The van der Waals surface area contributed by atoms with E-state index in [1.165, 1.54) is 0 Å². The average molecular weight is 350 g/mol. The Labute approximate surface area is 123 Å². The van der Waals surface area contributed by atoms with Crippen LogP contribution in [0.25, 0.3) is 0 Å². The Kier molecular flexibility index (Phi) is 5.79. The topological polar surface area (TPSA) is 75.4 Å². The van der Waals surface area contributed by atoms with Gasteiger partial charge in [0, 0.05) is 36.8 Å². The van der Waals surface area contributed by atoms with Gasteiger partial charge in [-0.1, -0.05) is 0 Å². The first kappa shape index (κ1) is 16.4. The van der Waals surface area contributed by atoms with Crippen LogP contribution in [0.2, 0.25) is 0 Å². The Balaban J connectivity index is 2.97. The van der Waals surface area contributed by atoms with Crippen LogP contribution < -0.4 is 15.4 Å². The van der Waals surface area contributed by atoms with Crippen LogP contribution in [-0.4, -0.2) is 35.1 Å². The molecule has 5 nitrogen and oxygen atoms in total. The Morgan fingerprint density at radius 2 is 2.05 bits per heavy atom. The summed E-state index contributed by atoms with van der Waals surface area (Å²) < 4.78 is 27.5. The highest BCUT2D eigenvalue weighted by atomic mass is 79.9. The molecule has 1 unspecified atom stereocenters. The molecule has 19 heavy (non-hydrogen) atoms. The van der Waals surface area contributed by atoms with Crippen molar-refractivity contribution in [1.29, 1.82) is 0 Å². The number of nitrogens with one attached hydrogen (secondary N) is 1. The summed E-state index contributed by atoms with van der Waals surface area (Å²) in [6.45, 7) is 2.18. The number of hydrogen-bond acceptors (Lipinski definition) is 4. The van der Waals surface area contributed by atoms with Gasteiger partial charge in [-0.25, -0.2) is 13.1 Å². The van der Waals surface area contributed by atoms with E-state index < -0.39 is 10.0 Å². The van der Waals surface area contributed by atoms with Gasteiger partial charge in [0.25, 0.3) is 0 Å². The molecule has 3 N–H and O–H groups in total. The van der Waals surface area contributed by atoms with Gasteiger partial charge in [0.15, 0.2) is 0 Å². The first-order valence-electron chi connectivity index (χ1n) is 5.96. The second-order valence-electron chi connectivity index (χ2n) is 4.67. The van der Waals surface area contributed by atoms with E-state index in [1.807, 2.05) is 32.0 Å². The molecule has 1 rings (SSSR count). The van der Waals surface area contributed by atoms with Crippen LogP contribution >= 0.6 is 15.9 Å². The molecule has 0 amide bonds. The fourth-order valence-corrected chi connectivity index (χ4v) is 3.50. The van der Waals surface area contributed by atoms with E-state index >= 15 is 0 Å². The number of halogens is 1. The monoisotopic (exact) mass is 349 g/mol. The van der Waals surface area contributed by atoms with Gasteiger partial charge >= 0.3 is 0 Å². The largest absolute Gasteiger partial charge is 0.378 e. The highest BCUT2D eigenvalue weighted by Gasteiger charge is 2.18. The summed E-state index contributed by atoms with van der Waals surface area (Å²) in [6.07, 6.45) is 0.601. The summed E-state index contributed by atoms with van der Waals surface area (Å²) in [5.41, 5.74) is 6.43. The van der Waals surface area contributed by atoms with Crippen molar-refractivity contribution < 1.29 is 8.42 Å². The molecule has 0 saturated carbocycles. The number of anilines is 1. The Bertz CT molecular complexity index is 530. The summed E-state index contributed by atoms with van der Waals surface area (Å²) in [4.78, 5) is 2.09. The summed E-state index contributed by atoms with van der Waals surface area (Å²) in [7, 11) is 0.207. The molecule has 0 radical (unpaired) electrons. The van der Waals surface area contributed by atoms with Crippen LogP contribution in [0.15, 0.2) is 27.6 Å². The van der Waals surface area contributed by atoms with Gasteiger partial charge in [0.05, 0.1) is 4.90 Å². The molecule has 0 fully saturated rings. The first-order valence-corrected chi connectivity index (χ1v) is 8.24. The number of rotatable bonds is 6. The van der Waals surface area contributed by atoms with Crippen molar-refractivity contribution in [2.24, 2.45) is 5.73 Å². The van der Waals surface area contributed by atoms with E-state index in [0.29, 0.717) is 17.4 Å². The van der Waals surface area contributed by atoms with Crippen molar-refractivity contribution in [3.63, 3.8) is 0 Å². The van der Waals surface area contributed by atoms with Gasteiger partial charge in [0.1, 0.15) is 0 Å². The van der Waals surface area contributed by atoms with Gasteiger partial charge in [-0.3, -0.25) is 0 Å². The van der Waals surface area contributed by atoms with Gasteiger partial charge < -0.3 is 10.6 Å². The Hall–Kier alpha value is -0.630. The zero-order valence-electron chi connectivity index (χ0n) is 11.4. The van der Waals surface area contributed by atoms with Crippen LogP contribution in [0.4, 0.5) is 5.69 Å². The van der Waals surface area contributed by atoms with Gasteiger partial charge in [-0.15, -0.1) is 0 Å². The maximum absolute atomic E-state index is 12.2. The lowest BCUT2D eigenvalue weighted by Gasteiger charge is -2.15. The molecule has 1 aromatic rings. The average Bonchev–Trinajstić information content (AvgIpc) is 2.28. The standard InChI is InChI=1S/C12H20BrN3O2S/c1-9(14)6-7-15-19(17,18)12-8-10(16(2)3)4-5-11(12)13/h4-5,8-9,15H,6-7,14H2,1-3H3. The molecule has 0 bridgehead atoms. The third-order valence-corrected chi connectivity index (χ3v) is 5.07. The predicted molar refractivity (Wildman–Crippen MR) is 81.9 cm³/mol. The zero-order chi connectivity index (χ0) is 14.6. The minimum Gasteiger partial charge on any atom is -0.378 e. The van der Waals surface area contributed by atoms with Crippen LogP contribution in [0.5, 0.6) is 0 Å². The number of nitrogens with two attached hydrogens (primary N) is 1. The molecule has 0 heterocycles. The minimum atomic E-state index is -3.52.